The second kappa shape index (κ2) is 8.59. The highest BCUT2D eigenvalue weighted by atomic mass is 16.2. The molecular weight excluding hydrogens is 378 g/mol. The number of nitrogens with zero attached hydrogens (tertiary/aromatic N) is 5. The Kier molecular flexibility index (Phi) is 5.72. The summed E-state index contributed by atoms with van der Waals surface area (Å²) in [6.45, 7) is 2.55. The van der Waals surface area contributed by atoms with E-state index < -0.39 is 0 Å². The number of para-hydroxylation sites is 1. The molecule has 30 heavy (non-hydrogen) atoms. The van der Waals surface area contributed by atoms with Gasteiger partial charge in [0.2, 0.25) is 5.91 Å². The van der Waals surface area contributed by atoms with Crippen LogP contribution in [-0.2, 0) is 4.79 Å². The summed E-state index contributed by atoms with van der Waals surface area (Å²) in [5.41, 5.74) is 3.10. The Morgan fingerprint density at radius 3 is 2.33 bits per heavy atom. The van der Waals surface area contributed by atoms with Crippen molar-refractivity contribution in [2.24, 2.45) is 0 Å². The van der Waals surface area contributed by atoms with E-state index in [1.807, 2.05) is 71.3 Å². The molecule has 0 spiro atoms. The van der Waals surface area contributed by atoms with Crippen LogP contribution < -0.4 is 0 Å². The molecule has 0 N–H and O–H groups in total. The maximum atomic E-state index is 13.4. The van der Waals surface area contributed by atoms with E-state index in [0.717, 1.165) is 22.2 Å². The minimum absolute atomic E-state index is 0.0244. The molecule has 1 aliphatic rings. The topological polar surface area (TPSA) is 69.6 Å². The smallest absolute Gasteiger partial charge is 0.254 e. The summed E-state index contributed by atoms with van der Waals surface area (Å²) in [5, 5.41) is 0.839. The van der Waals surface area contributed by atoms with Crippen molar-refractivity contribution in [2.75, 3.05) is 46.8 Å². The molecule has 0 radical (unpaired) electrons. The predicted molar refractivity (Wildman–Crippen MR) is 116 cm³/mol. The summed E-state index contributed by atoms with van der Waals surface area (Å²) in [5.74, 6) is 0.0741. The molecule has 7 heteroatoms. The molecule has 154 valence electrons. The fraction of sp³-hybridized carbons (Fsp3) is 0.304. The van der Waals surface area contributed by atoms with Gasteiger partial charge in [0, 0.05) is 49.5 Å². The van der Waals surface area contributed by atoms with Crippen molar-refractivity contribution in [1.29, 1.82) is 0 Å². The first-order valence-electron chi connectivity index (χ1n) is 10.0. The quantitative estimate of drug-likeness (QED) is 0.668. The Hall–Kier alpha value is -3.32. The van der Waals surface area contributed by atoms with Gasteiger partial charge in [-0.25, -0.2) is 4.98 Å². The van der Waals surface area contributed by atoms with Crippen molar-refractivity contribution in [3.63, 3.8) is 0 Å². The molecule has 3 aromatic rings. The van der Waals surface area contributed by atoms with Gasteiger partial charge in [0.1, 0.15) is 0 Å². The molecule has 1 aromatic carbocycles. The second-order valence-corrected chi connectivity index (χ2v) is 7.72. The van der Waals surface area contributed by atoms with E-state index in [1.165, 1.54) is 0 Å². The third-order valence-corrected chi connectivity index (χ3v) is 5.29. The number of piperazine rings is 1. The van der Waals surface area contributed by atoms with Gasteiger partial charge >= 0.3 is 0 Å². The van der Waals surface area contributed by atoms with Crippen LogP contribution in [0, 0.1) is 0 Å². The third-order valence-electron chi connectivity index (χ3n) is 5.29. The lowest BCUT2D eigenvalue weighted by Gasteiger charge is -2.35. The van der Waals surface area contributed by atoms with E-state index in [4.69, 9.17) is 4.98 Å². The van der Waals surface area contributed by atoms with Crippen LogP contribution in [0.2, 0.25) is 0 Å². The SMILES string of the molecule is CN(C)CC(=O)N1CCN(C(=O)c2cc(-c3ccncc3)nc3ccccc23)CC1. The van der Waals surface area contributed by atoms with Gasteiger partial charge in [-0.2, -0.15) is 0 Å². The summed E-state index contributed by atoms with van der Waals surface area (Å²) in [6, 6.07) is 13.3. The molecule has 4 rings (SSSR count). The van der Waals surface area contributed by atoms with Crippen molar-refractivity contribution in [2.45, 2.75) is 0 Å². The molecular formula is C23H25N5O2. The lowest BCUT2D eigenvalue weighted by molar-refractivity contribution is -0.133. The average molecular weight is 403 g/mol. The number of amides is 2. The van der Waals surface area contributed by atoms with Crippen LogP contribution in [-0.4, -0.2) is 83.3 Å². The van der Waals surface area contributed by atoms with Gasteiger partial charge in [-0.15, -0.1) is 0 Å². The number of pyridine rings is 2. The number of hydrogen-bond donors (Lipinski definition) is 0. The Morgan fingerprint density at radius 1 is 0.967 bits per heavy atom. The number of rotatable bonds is 4. The minimum atomic E-state index is -0.0244. The summed E-state index contributed by atoms with van der Waals surface area (Å²) < 4.78 is 0. The Bertz CT molecular complexity index is 1060. The highest BCUT2D eigenvalue weighted by molar-refractivity contribution is 6.07. The van der Waals surface area contributed by atoms with Gasteiger partial charge in [-0.3, -0.25) is 14.6 Å². The first kappa shape index (κ1) is 20.0. The third kappa shape index (κ3) is 4.16. The number of likely N-dealkylation sites (N-methyl/N-ethyl adjacent to an activating group) is 1. The second-order valence-electron chi connectivity index (χ2n) is 7.72. The van der Waals surface area contributed by atoms with Gasteiger partial charge < -0.3 is 14.7 Å². The first-order chi connectivity index (χ1) is 14.5. The molecule has 0 unspecified atom stereocenters. The van der Waals surface area contributed by atoms with Crippen molar-refractivity contribution in [3.8, 4) is 11.3 Å². The van der Waals surface area contributed by atoms with E-state index in [-0.39, 0.29) is 11.8 Å². The van der Waals surface area contributed by atoms with Crippen molar-refractivity contribution in [3.05, 3.63) is 60.4 Å². The maximum absolute atomic E-state index is 13.4. The highest BCUT2D eigenvalue weighted by Gasteiger charge is 2.26. The zero-order valence-corrected chi connectivity index (χ0v) is 17.3. The lowest BCUT2D eigenvalue weighted by Crippen LogP contribution is -2.52. The van der Waals surface area contributed by atoms with E-state index in [2.05, 4.69) is 4.98 Å². The molecule has 1 aliphatic heterocycles. The van der Waals surface area contributed by atoms with Gasteiger partial charge in [0.05, 0.1) is 23.3 Å². The number of carbonyl (C=O) groups excluding carboxylic acids is 2. The molecule has 7 nitrogen and oxygen atoms in total. The molecule has 0 saturated carbocycles. The van der Waals surface area contributed by atoms with E-state index in [0.29, 0.717) is 38.3 Å². The number of carbonyl (C=O) groups is 2. The van der Waals surface area contributed by atoms with Crippen LogP contribution in [0.15, 0.2) is 54.9 Å². The lowest BCUT2D eigenvalue weighted by atomic mass is 10.0. The predicted octanol–water partition coefficient (Wildman–Crippen LogP) is 2.14. The number of hydrogen-bond acceptors (Lipinski definition) is 5. The summed E-state index contributed by atoms with van der Waals surface area (Å²) >= 11 is 0. The molecule has 1 fully saturated rings. The Morgan fingerprint density at radius 2 is 1.63 bits per heavy atom. The molecule has 3 heterocycles. The molecule has 1 saturated heterocycles. The summed E-state index contributed by atoms with van der Waals surface area (Å²) in [6.07, 6.45) is 3.44. The van der Waals surface area contributed by atoms with Gasteiger partial charge in [0.15, 0.2) is 0 Å². The van der Waals surface area contributed by atoms with Crippen molar-refractivity contribution < 1.29 is 9.59 Å². The van der Waals surface area contributed by atoms with E-state index in [9.17, 15) is 9.59 Å². The molecule has 2 aromatic heterocycles. The molecule has 0 bridgehead atoms. The average Bonchev–Trinajstić information content (AvgIpc) is 2.78. The van der Waals surface area contributed by atoms with E-state index >= 15 is 0 Å². The largest absolute Gasteiger partial charge is 0.338 e. The van der Waals surface area contributed by atoms with Crippen LogP contribution in [0.3, 0.4) is 0 Å². The zero-order valence-electron chi connectivity index (χ0n) is 17.3. The molecule has 0 aliphatic carbocycles. The fourth-order valence-corrected chi connectivity index (χ4v) is 3.72. The Labute approximate surface area is 175 Å². The minimum Gasteiger partial charge on any atom is -0.338 e. The highest BCUT2D eigenvalue weighted by Crippen LogP contribution is 2.26. The van der Waals surface area contributed by atoms with Crippen molar-refractivity contribution in [1.82, 2.24) is 24.7 Å². The Balaban J connectivity index is 1.60. The number of fused-ring (bicyclic) bond motifs is 1. The first-order valence-corrected chi connectivity index (χ1v) is 10.0. The fourth-order valence-electron chi connectivity index (χ4n) is 3.72. The normalized spacial score (nSPS) is 14.4. The van der Waals surface area contributed by atoms with Crippen LogP contribution in [0.5, 0.6) is 0 Å². The van der Waals surface area contributed by atoms with Gasteiger partial charge in [-0.1, -0.05) is 18.2 Å². The monoisotopic (exact) mass is 403 g/mol. The zero-order chi connectivity index (χ0) is 21.1. The molecule has 2 amide bonds. The molecule has 0 atom stereocenters. The number of benzene rings is 1. The summed E-state index contributed by atoms with van der Waals surface area (Å²) in [4.78, 5) is 40.1. The summed E-state index contributed by atoms with van der Waals surface area (Å²) in [7, 11) is 3.76. The number of aromatic nitrogens is 2. The van der Waals surface area contributed by atoms with Crippen molar-refractivity contribution >= 4 is 22.7 Å². The van der Waals surface area contributed by atoms with Crippen LogP contribution in [0.4, 0.5) is 0 Å². The van der Waals surface area contributed by atoms with E-state index in [1.54, 1.807) is 12.4 Å². The van der Waals surface area contributed by atoms with Crippen LogP contribution in [0.1, 0.15) is 10.4 Å². The van der Waals surface area contributed by atoms with Gasteiger partial charge in [-0.05, 0) is 38.4 Å². The van der Waals surface area contributed by atoms with Crippen LogP contribution >= 0.6 is 0 Å². The van der Waals surface area contributed by atoms with Crippen LogP contribution in [0.25, 0.3) is 22.2 Å². The standard InChI is InChI=1S/C23H25N5O2/c1-26(2)16-22(29)27-11-13-28(14-12-27)23(30)19-15-21(17-7-9-24-10-8-17)25-20-6-4-3-5-18(19)20/h3-10,15H,11-14,16H2,1-2H3. The maximum Gasteiger partial charge on any atom is 0.254 e. The van der Waals surface area contributed by atoms with Gasteiger partial charge in [0.25, 0.3) is 5.91 Å².